The number of aryl methyl sites for hydroxylation is 2. The highest BCUT2D eigenvalue weighted by molar-refractivity contribution is 5.92. The standard InChI is InChI=1S/C24H28N4O2/c1-4-5-13-28-19-8-6-11-25-22(19)27-12-7-9-21(27)24(28)10-14-26(16-24)23(29)20-15-17(2)18(3)30-20/h6-9,11-12,15H,4-5,10,13-14,16H2,1-3H3/t24-/m0/s1. The smallest absolute Gasteiger partial charge is 0.289 e. The van der Waals surface area contributed by atoms with Crippen LogP contribution in [-0.4, -0.2) is 40.0 Å². The van der Waals surface area contributed by atoms with Gasteiger partial charge in [0.05, 0.1) is 17.9 Å². The molecule has 6 heteroatoms. The van der Waals surface area contributed by atoms with Crippen LogP contribution in [0.1, 0.15) is 53.8 Å². The molecule has 5 rings (SSSR count). The summed E-state index contributed by atoms with van der Waals surface area (Å²) in [5.41, 5.74) is 3.13. The van der Waals surface area contributed by atoms with Crippen molar-refractivity contribution in [1.29, 1.82) is 0 Å². The van der Waals surface area contributed by atoms with Crippen LogP contribution in [0, 0.1) is 13.8 Å². The second-order valence-corrected chi connectivity index (χ2v) is 8.47. The predicted octanol–water partition coefficient (Wildman–Crippen LogP) is 4.44. The van der Waals surface area contributed by atoms with E-state index in [0.29, 0.717) is 18.8 Å². The molecule has 0 radical (unpaired) electrons. The van der Waals surface area contributed by atoms with Gasteiger partial charge >= 0.3 is 0 Å². The Balaban J connectivity index is 1.56. The molecule has 6 nitrogen and oxygen atoms in total. The van der Waals surface area contributed by atoms with Crippen LogP contribution in [0.25, 0.3) is 5.82 Å². The van der Waals surface area contributed by atoms with Crippen LogP contribution >= 0.6 is 0 Å². The summed E-state index contributed by atoms with van der Waals surface area (Å²) in [7, 11) is 0. The fourth-order valence-electron chi connectivity index (χ4n) is 4.98. The van der Waals surface area contributed by atoms with Crippen LogP contribution in [0.2, 0.25) is 0 Å². The third-order valence-electron chi connectivity index (χ3n) is 6.67. The summed E-state index contributed by atoms with van der Waals surface area (Å²) in [6, 6.07) is 10.3. The van der Waals surface area contributed by atoms with Crippen molar-refractivity contribution in [2.75, 3.05) is 24.5 Å². The van der Waals surface area contributed by atoms with Crippen molar-refractivity contribution in [2.45, 2.75) is 45.6 Å². The van der Waals surface area contributed by atoms with Crippen LogP contribution in [-0.2, 0) is 5.54 Å². The van der Waals surface area contributed by atoms with Gasteiger partial charge in [-0.05, 0) is 62.6 Å². The second-order valence-electron chi connectivity index (χ2n) is 8.47. The van der Waals surface area contributed by atoms with E-state index in [4.69, 9.17) is 4.42 Å². The minimum atomic E-state index is -0.249. The molecule has 2 aliphatic heterocycles. The first kappa shape index (κ1) is 19.0. The lowest BCUT2D eigenvalue weighted by molar-refractivity contribution is 0.0749. The molecular weight excluding hydrogens is 376 g/mol. The number of carbonyl (C=O) groups is 1. The first-order valence-electron chi connectivity index (χ1n) is 10.8. The van der Waals surface area contributed by atoms with E-state index in [-0.39, 0.29) is 11.4 Å². The van der Waals surface area contributed by atoms with Crippen LogP contribution in [0.3, 0.4) is 0 Å². The molecule has 5 heterocycles. The van der Waals surface area contributed by atoms with Gasteiger partial charge < -0.3 is 18.8 Å². The maximum atomic E-state index is 13.2. The van der Waals surface area contributed by atoms with Gasteiger partial charge in [-0.25, -0.2) is 4.98 Å². The Labute approximate surface area is 177 Å². The van der Waals surface area contributed by atoms with Gasteiger partial charge in [0.25, 0.3) is 5.91 Å². The first-order valence-corrected chi connectivity index (χ1v) is 10.8. The minimum absolute atomic E-state index is 0.0198. The average molecular weight is 405 g/mol. The van der Waals surface area contributed by atoms with E-state index < -0.39 is 0 Å². The number of carbonyl (C=O) groups excluding carboxylic acids is 1. The number of fused-ring (bicyclic) bond motifs is 4. The molecule has 30 heavy (non-hydrogen) atoms. The Hall–Kier alpha value is -3.02. The van der Waals surface area contributed by atoms with E-state index in [1.807, 2.05) is 37.1 Å². The van der Waals surface area contributed by atoms with E-state index >= 15 is 0 Å². The summed E-state index contributed by atoms with van der Waals surface area (Å²) in [5.74, 6) is 2.20. The lowest BCUT2D eigenvalue weighted by atomic mass is 9.88. The number of unbranched alkanes of at least 4 members (excludes halogenated alkanes) is 1. The number of pyridine rings is 1. The van der Waals surface area contributed by atoms with Crippen molar-refractivity contribution in [1.82, 2.24) is 14.5 Å². The van der Waals surface area contributed by atoms with Gasteiger partial charge in [-0.3, -0.25) is 4.79 Å². The Morgan fingerprint density at radius 2 is 2.13 bits per heavy atom. The van der Waals surface area contributed by atoms with Crippen LogP contribution < -0.4 is 4.90 Å². The molecule has 1 fully saturated rings. The molecule has 0 aliphatic carbocycles. The number of likely N-dealkylation sites (tertiary alicyclic amines) is 1. The zero-order chi connectivity index (χ0) is 20.9. The van der Waals surface area contributed by atoms with Gasteiger partial charge in [-0.2, -0.15) is 0 Å². The fraction of sp³-hybridized carbons (Fsp3) is 0.417. The Bertz CT molecular complexity index is 1080. The highest BCUT2D eigenvalue weighted by Crippen LogP contribution is 2.47. The summed E-state index contributed by atoms with van der Waals surface area (Å²) in [6.45, 7) is 8.40. The number of anilines is 1. The molecule has 1 saturated heterocycles. The highest BCUT2D eigenvalue weighted by Gasteiger charge is 2.50. The SMILES string of the molecule is CCCCN1c2cccnc2-n2cccc2[C@@]12CCN(C(=O)c1cc(C)c(C)o1)C2. The summed E-state index contributed by atoms with van der Waals surface area (Å²) < 4.78 is 7.95. The zero-order valence-electron chi connectivity index (χ0n) is 17.9. The number of nitrogens with zero attached hydrogens (tertiary/aromatic N) is 4. The zero-order valence-corrected chi connectivity index (χ0v) is 17.9. The summed E-state index contributed by atoms with van der Waals surface area (Å²) >= 11 is 0. The van der Waals surface area contributed by atoms with E-state index in [1.54, 1.807) is 0 Å². The van der Waals surface area contributed by atoms with Crippen molar-refractivity contribution >= 4 is 11.6 Å². The molecule has 0 aromatic carbocycles. The van der Waals surface area contributed by atoms with E-state index in [9.17, 15) is 4.79 Å². The normalized spacial score (nSPS) is 20.0. The van der Waals surface area contributed by atoms with Crippen LogP contribution in [0.15, 0.2) is 47.1 Å². The van der Waals surface area contributed by atoms with E-state index in [1.165, 1.54) is 5.69 Å². The van der Waals surface area contributed by atoms with Crippen molar-refractivity contribution in [3.05, 3.63) is 65.5 Å². The van der Waals surface area contributed by atoms with Gasteiger partial charge in [0.2, 0.25) is 0 Å². The van der Waals surface area contributed by atoms with Gasteiger partial charge in [-0.15, -0.1) is 0 Å². The van der Waals surface area contributed by atoms with Crippen molar-refractivity contribution < 1.29 is 9.21 Å². The minimum Gasteiger partial charge on any atom is -0.456 e. The second kappa shape index (κ2) is 7.04. The van der Waals surface area contributed by atoms with E-state index in [2.05, 4.69) is 45.8 Å². The molecule has 0 unspecified atom stereocenters. The predicted molar refractivity (Wildman–Crippen MR) is 116 cm³/mol. The molecule has 3 aromatic heterocycles. The van der Waals surface area contributed by atoms with Crippen molar-refractivity contribution in [3.63, 3.8) is 0 Å². The molecule has 0 N–H and O–H groups in total. The van der Waals surface area contributed by atoms with Crippen LogP contribution in [0.4, 0.5) is 5.69 Å². The number of furan rings is 1. The number of amides is 1. The molecule has 0 saturated carbocycles. The molecule has 1 spiro atoms. The third-order valence-corrected chi connectivity index (χ3v) is 6.67. The quantitative estimate of drug-likeness (QED) is 0.645. The highest BCUT2D eigenvalue weighted by atomic mass is 16.4. The number of aromatic nitrogens is 2. The maximum absolute atomic E-state index is 13.2. The molecule has 1 atom stereocenters. The van der Waals surface area contributed by atoms with Crippen molar-refractivity contribution in [2.24, 2.45) is 0 Å². The number of hydrogen-bond acceptors (Lipinski definition) is 4. The molecule has 2 aliphatic rings. The summed E-state index contributed by atoms with van der Waals surface area (Å²) in [6.07, 6.45) is 7.05. The lowest BCUT2D eigenvalue weighted by Gasteiger charge is -2.47. The molecule has 0 bridgehead atoms. The third kappa shape index (κ3) is 2.70. The Morgan fingerprint density at radius 1 is 1.27 bits per heavy atom. The van der Waals surface area contributed by atoms with E-state index in [0.717, 1.165) is 48.6 Å². The average Bonchev–Trinajstić information content (AvgIpc) is 3.48. The monoisotopic (exact) mass is 404 g/mol. The Morgan fingerprint density at radius 3 is 2.90 bits per heavy atom. The van der Waals surface area contributed by atoms with Gasteiger partial charge in [-0.1, -0.05) is 13.3 Å². The fourth-order valence-corrected chi connectivity index (χ4v) is 4.98. The maximum Gasteiger partial charge on any atom is 0.289 e. The molecule has 1 amide bonds. The molecular formula is C24H28N4O2. The lowest BCUT2D eigenvalue weighted by Crippen LogP contribution is -2.53. The number of rotatable bonds is 4. The summed E-state index contributed by atoms with van der Waals surface area (Å²) in [4.78, 5) is 22.4. The van der Waals surface area contributed by atoms with Crippen molar-refractivity contribution in [3.8, 4) is 5.82 Å². The summed E-state index contributed by atoms with van der Waals surface area (Å²) in [5, 5.41) is 0. The van der Waals surface area contributed by atoms with Gasteiger partial charge in [0, 0.05) is 25.5 Å². The largest absolute Gasteiger partial charge is 0.456 e. The Kier molecular flexibility index (Phi) is 4.45. The first-order chi connectivity index (χ1) is 14.5. The topological polar surface area (TPSA) is 54.5 Å². The van der Waals surface area contributed by atoms with Gasteiger partial charge in [0.15, 0.2) is 11.6 Å². The molecule has 156 valence electrons. The molecule has 3 aromatic rings. The number of hydrogen-bond donors (Lipinski definition) is 0. The van der Waals surface area contributed by atoms with Crippen LogP contribution in [0.5, 0.6) is 0 Å². The van der Waals surface area contributed by atoms with Gasteiger partial charge in [0.1, 0.15) is 11.3 Å².